The fourth-order valence-corrected chi connectivity index (χ4v) is 3.84. The highest BCUT2D eigenvalue weighted by atomic mass is 16.5. The Hall–Kier alpha value is -2.44. The molecule has 0 spiro atoms. The lowest BCUT2D eigenvalue weighted by Gasteiger charge is -2.21. The normalized spacial score (nSPS) is 18.6. The van der Waals surface area contributed by atoms with Gasteiger partial charge in [-0.1, -0.05) is 27.7 Å². The summed E-state index contributed by atoms with van der Waals surface area (Å²) in [7, 11) is 4.70. The lowest BCUT2D eigenvalue weighted by atomic mass is 9.87. The number of nitrogens with zero attached hydrogens (tertiary/aromatic N) is 1. The third-order valence-corrected chi connectivity index (χ3v) is 5.39. The van der Waals surface area contributed by atoms with Crippen LogP contribution in [0.1, 0.15) is 45.6 Å². The number of carbonyl (C=O) groups excluding carboxylic acids is 2. The molecule has 0 bridgehead atoms. The van der Waals surface area contributed by atoms with E-state index in [1.54, 1.807) is 21.3 Å². The summed E-state index contributed by atoms with van der Waals surface area (Å²) >= 11 is 0. The van der Waals surface area contributed by atoms with E-state index in [4.69, 9.17) is 14.2 Å². The predicted molar refractivity (Wildman–Crippen MR) is 116 cm³/mol. The van der Waals surface area contributed by atoms with Crippen LogP contribution in [0.4, 0.5) is 0 Å². The molecule has 2 amide bonds. The van der Waals surface area contributed by atoms with Crippen LogP contribution >= 0.6 is 0 Å². The molecule has 7 heteroatoms. The maximum absolute atomic E-state index is 13.0. The van der Waals surface area contributed by atoms with E-state index < -0.39 is 0 Å². The number of carbonyl (C=O) groups is 2. The van der Waals surface area contributed by atoms with Crippen molar-refractivity contribution in [2.45, 2.75) is 40.0 Å². The number of likely N-dealkylation sites (tertiary alicyclic amines) is 1. The van der Waals surface area contributed by atoms with E-state index >= 15 is 0 Å². The second-order valence-electron chi connectivity index (χ2n) is 8.71. The fraction of sp³-hybridized carbons (Fsp3) is 0.652. The molecule has 1 aliphatic rings. The molecule has 0 unspecified atom stereocenters. The van der Waals surface area contributed by atoms with Crippen molar-refractivity contribution in [2.24, 2.45) is 17.8 Å². The van der Waals surface area contributed by atoms with Crippen molar-refractivity contribution in [1.82, 2.24) is 10.2 Å². The van der Waals surface area contributed by atoms with Gasteiger partial charge in [0.2, 0.25) is 17.6 Å². The van der Waals surface area contributed by atoms with E-state index in [2.05, 4.69) is 19.2 Å². The summed E-state index contributed by atoms with van der Waals surface area (Å²) in [6.45, 7) is 9.68. The van der Waals surface area contributed by atoms with Crippen LogP contribution < -0.4 is 19.5 Å². The average molecular weight is 421 g/mol. The molecule has 168 valence electrons. The number of nitrogens with one attached hydrogen (secondary N) is 1. The van der Waals surface area contributed by atoms with Crippen molar-refractivity contribution in [3.63, 3.8) is 0 Å². The zero-order valence-electron chi connectivity index (χ0n) is 19.3. The van der Waals surface area contributed by atoms with Crippen LogP contribution in [0.2, 0.25) is 0 Å². The third-order valence-electron chi connectivity index (χ3n) is 5.39. The summed E-state index contributed by atoms with van der Waals surface area (Å²) in [5.74, 6) is 1.80. The second-order valence-corrected chi connectivity index (χ2v) is 8.71. The Morgan fingerprint density at radius 3 is 2.07 bits per heavy atom. The second kappa shape index (κ2) is 10.5. The van der Waals surface area contributed by atoms with Gasteiger partial charge in [-0.3, -0.25) is 9.59 Å². The van der Waals surface area contributed by atoms with Crippen LogP contribution in [0.25, 0.3) is 0 Å². The largest absolute Gasteiger partial charge is 0.493 e. The number of methoxy groups -OCH3 is 3. The average Bonchev–Trinajstić information content (AvgIpc) is 3.16. The molecule has 0 saturated carbocycles. The number of hydrogen-bond donors (Lipinski definition) is 1. The van der Waals surface area contributed by atoms with Gasteiger partial charge in [0, 0.05) is 32.0 Å². The zero-order valence-corrected chi connectivity index (χ0v) is 19.3. The summed E-state index contributed by atoms with van der Waals surface area (Å²) in [4.78, 5) is 27.6. The van der Waals surface area contributed by atoms with E-state index in [9.17, 15) is 9.59 Å². The maximum atomic E-state index is 13.0. The van der Waals surface area contributed by atoms with Gasteiger partial charge in [-0.2, -0.15) is 0 Å². The monoisotopic (exact) mass is 420 g/mol. The van der Waals surface area contributed by atoms with E-state index in [0.717, 1.165) is 5.56 Å². The number of hydrogen-bond acceptors (Lipinski definition) is 5. The first-order valence-corrected chi connectivity index (χ1v) is 10.6. The SMILES string of the molecule is COc1cc([C@H]2CN(C(=O)CC(C)C)C[C@H]2C(=O)NCC(C)C)cc(OC)c1OC. The highest BCUT2D eigenvalue weighted by Crippen LogP contribution is 2.43. The third kappa shape index (κ3) is 5.58. The minimum atomic E-state index is -0.331. The molecule has 2 atom stereocenters. The van der Waals surface area contributed by atoms with Crippen molar-refractivity contribution in [3.8, 4) is 17.2 Å². The Labute approximate surface area is 180 Å². The minimum Gasteiger partial charge on any atom is -0.493 e. The molecule has 0 aromatic heterocycles. The number of benzene rings is 1. The van der Waals surface area contributed by atoms with Crippen LogP contribution in [-0.4, -0.2) is 57.7 Å². The van der Waals surface area contributed by atoms with E-state index in [-0.39, 0.29) is 29.6 Å². The fourth-order valence-electron chi connectivity index (χ4n) is 3.84. The smallest absolute Gasteiger partial charge is 0.225 e. The predicted octanol–water partition coefficient (Wildman–Crippen LogP) is 3.07. The minimum absolute atomic E-state index is 0.0256. The Morgan fingerprint density at radius 2 is 1.60 bits per heavy atom. The molecular formula is C23H36N2O5. The molecule has 2 rings (SSSR count). The van der Waals surface area contributed by atoms with Crippen molar-refractivity contribution < 1.29 is 23.8 Å². The lowest BCUT2D eigenvalue weighted by molar-refractivity contribution is -0.131. The molecule has 0 aliphatic carbocycles. The maximum Gasteiger partial charge on any atom is 0.225 e. The molecule has 7 nitrogen and oxygen atoms in total. The Kier molecular flexibility index (Phi) is 8.38. The van der Waals surface area contributed by atoms with Gasteiger partial charge in [0.05, 0.1) is 27.2 Å². The number of rotatable bonds is 9. The van der Waals surface area contributed by atoms with Crippen LogP contribution in [0.15, 0.2) is 12.1 Å². The molecule has 0 radical (unpaired) electrons. The molecule has 1 saturated heterocycles. The van der Waals surface area contributed by atoms with E-state index in [1.807, 2.05) is 30.9 Å². The van der Waals surface area contributed by atoms with Crippen LogP contribution in [0.3, 0.4) is 0 Å². The number of ether oxygens (including phenoxy) is 3. The van der Waals surface area contributed by atoms with Crippen molar-refractivity contribution in [2.75, 3.05) is 41.0 Å². The number of amides is 2. The molecule has 1 fully saturated rings. The van der Waals surface area contributed by atoms with Crippen LogP contribution in [0, 0.1) is 17.8 Å². The van der Waals surface area contributed by atoms with Gasteiger partial charge in [0.25, 0.3) is 0 Å². The Morgan fingerprint density at radius 1 is 1.00 bits per heavy atom. The van der Waals surface area contributed by atoms with Crippen LogP contribution in [-0.2, 0) is 9.59 Å². The topological polar surface area (TPSA) is 77.1 Å². The first-order chi connectivity index (χ1) is 14.2. The highest BCUT2D eigenvalue weighted by Gasteiger charge is 2.41. The van der Waals surface area contributed by atoms with Crippen LogP contribution in [0.5, 0.6) is 17.2 Å². The molecule has 1 aromatic rings. The van der Waals surface area contributed by atoms with Gasteiger partial charge in [0.15, 0.2) is 11.5 Å². The molecule has 1 N–H and O–H groups in total. The summed E-state index contributed by atoms with van der Waals surface area (Å²) in [6, 6.07) is 3.76. The summed E-state index contributed by atoms with van der Waals surface area (Å²) in [6.07, 6.45) is 0.475. The molecule has 30 heavy (non-hydrogen) atoms. The Balaban J connectivity index is 2.39. The quantitative estimate of drug-likeness (QED) is 0.664. The van der Waals surface area contributed by atoms with Crippen molar-refractivity contribution >= 4 is 11.8 Å². The van der Waals surface area contributed by atoms with Gasteiger partial charge < -0.3 is 24.4 Å². The molecule has 1 aliphatic heterocycles. The Bertz CT molecular complexity index is 722. The lowest BCUT2D eigenvalue weighted by Crippen LogP contribution is -2.37. The highest BCUT2D eigenvalue weighted by molar-refractivity contribution is 5.83. The van der Waals surface area contributed by atoms with Crippen molar-refractivity contribution in [1.29, 1.82) is 0 Å². The van der Waals surface area contributed by atoms with Crippen molar-refractivity contribution in [3.05, 3.63) is 17.7 Å². The molecule has 1 aromatic carbocycles. The standard InChI is InChI=1S/C23H36N2O5/c1-14(2)8-21(26)25-12-17(18(13-25)23(27)24-11-15(3)4)16-9-19(28-5)22(30-7)20(10-16)29-6/h9-10,14-15,17-18H,8,11-13H2,1-7H3,(H,24,27)/t17-,18-/m1/s1. The first-order valence-electron chi connectivity index (χ1n) is 10.6. The van der Waals surface area contributed by atoms with Gasteiger partial charge >= 0.3 is 0 Å². The van der Waals surface area contributed by atoms with E-state index in [0.29, 0.717) is 49.2 Å². The summed E-state index contributed by atoms with van der Waals surface area (Å²) < 4.78 is 16.4. The zero-order chi connectivity index (χ0) is 22.4. The van der Waals surface area contributed by atoms with Gasteiger partial charge in [-0.25, -0.2) is 0 Å². The summed E-state index contributed by atoms with van der Waals surface area (Å²) in [5.41, 5.74) is 0.897. The van der Waals surface area contributed by atoms with Gasteiger partial charge in [-0.05, 0) is 29.5 Å². The van der Waals surface area contributed by atoms with Gasteiger partial charge in [0.1, 0.15) is 0 Å². The first kappa shape index (κ1) is 23.8. The summed E-state index contributed by atoms with van der Waals surface area (Å²) in [5, 5.41) is 3.04. The molecular weight excluding hydrogens is 384 g/mol. The molecule has 1 heterocycles. The van der Waals surface area contributed by atoms with Gasteiger partial charge in [-0.15, -0.1) is 0 Å². The van der Waals surface area contributed by atoms with E-state index in [1.165, 1.54) is 0 Å².